The molecule has 5 nitrogen and oxygen atoms in total. The highest BCUT2D eigenvalue weighted by Crippen LogP contribution is 2.29. The Hall–Kier alpha value is -1.75. The quantitative estimate of drug-likeness (QED) is 0.915. The number of methoxy groups -OCH3 is 1. The van der Waals surface area contributed by atoms with Gasteiger partial charge in [-0.1, -0.05) is 0 Å². The lowest BCUT2D eigenvalue weighted by Crippen LogP contribution is -2.38. The molecule has 2 rings (SSSR count). The van der Waals surface area contributed by atoms with Crippen molar-refractivity contribution in [2.24, 2.45) is 0 Å². The van der Waals surface area contributed by atoms with Gasteiger partial charge in [0.05, 0.1) is 18.4 Å². The van der Waals surface area contributed by atoms with Crippen LogP contribution >= 0.6 is 0 Å². The topological polar surface area (TPSA) is 53.0 Å². The van der Waals surface area contributed by atoms with Crippen LogP contribution in [0, 0.1) is 0 Å². The Morgan fingerprint density at radius 3 is 2.80 bits per heavy atom. The number of hydrogen-bond donors (Lipinski definition) is 1. The van der Waals surface area contributed by atoms with E-state index in [0.717, 1.165) is 31.7 Å². The van der Waals surface area contributed by atoms with E-state index in [1.807, 2.05) is 6.07 Å². The molecule has 110 valence electrons. The zero-order valence-electron chi connectivity index (χ0n) is 12.3. The summed E-state index contributed by atoms with van der Waals surface area (Å²) in [4.78, 5) is 15.9. The molecule has 1 atom stereocenters. The smallest absolute Gasteiger partial charge is 0.337 e. The number of anilines is 1. The van der Waals surface area contributed by atoms with Gasteiger partial charge < -0.3 is 19.6 Å². The SMILES string of the molecule is COc1ccc(C(=O)O)c(N2CCCN(C)CC2C)c1. The second kappa shape index (κ2) is 6.13. The van der Waals surface area contributed by atoms with Gasteiger partial charge in [0, 0.05) is 25.2 Å². The van der Waals surface area contributed by atoms with Crippen molar-refractivity contribution < 1.29 is 14.6 Å². The molecule has 0 radical (unpaired) electrons. The Kier molecular flexibility index (Phi) is 4.49. The Balaban J connectivity index is 2.40. The Labute approximate surface area is 119 Å². The van der Waals surface area contributed by atoms with E-state index in [1.165, 1.54) is 0 Å². The summed E-state index contributed by atoms with van der Waals surface area (Å²) in [6.45, 7) is 4.95. The fraction of sp³-hybridized carbons (Fsp3) is 0.533. The van der Waals surface area contributed by atoms with Crippen molar-refractivity contribution in [3.63, 3.8) is 0 Å². The highest BCUT2D eigenvalue weighted by atomic mass is 16.5. The van der Waals surface area contributed by atoms with Gasteiger partial charge in [0.25, 0.3) is 0 Å². The summed E-state index contributed by atoms with van der Waals surface area (Å²) in [5.41, 5.74) is 1.09. The predicted molar refractivity (Wildman–Crippen MR) is 78.9 cm³/mol. The highest BCUT2D eigenvalue weighted by molar-refractivity contribution is 5.95. The number of benzene rings is 1. The van der Waals surface area contributed by atoms with Gasteiger partial charge in [0.1, 0.15) is 5.75 Å². The number of carbonyl (C=O) groups is 1. The van der Waals surface area contributed by atoms with E-state index in [0.29, 0.717) is 11.3 Å². The van der Waals surface area contributed by atoms with E-state index in [9.17, 15) is 9.90 Å². The average Bonchev–Trinajstić information content (AvgIpc) is 2.58. The number of aromatic carboxylic acids is 1. The van der Waals surface area contributed by atoms with Gasteiger partial charge in [-0.2, -0.15) is 0 Å². The third-order valence-electron chi connectivity index (χ3n) is 3.79. The van der Waals surface area contributed by atoms with E-state index in [-0.39, 0.29) is 6.04 Å². The second-order valence-corrected chi connectivity index (χ2v) is 5.35. The van der Waals surface area contributed by atoms with Crippen LogP contribution in [0.15, 0.2) is 18.2 Å². The molecule has 1 aromatic rings. The Bertz CT molecular complexity index is 490. The van der Waals surface area contributed by atoms with Gasteiger partial charge in [0.2, 0.25) is 0 Å². The normalized spacial score (nSPS) is 20.6. The Morgan fingerprint density at radius 1 is 1.40 bits per heavy atom. The first-order chi connectivity index (χ1) is 9.52. The fourth-order valence-electron chi connectivity index (χ4n) is 2.79. The summed E-state index contributed by atoms with van der Waals surface area (Å²) in [6.07, 6.45) is 1.02. The molecule has 1 aliphatic heterocycles. The lowest BCUT2D eigenvalue weighted by atomic mass is 10.1. The predicted octanol–water partition coefficient (Wildman–Crippen LogP) is 1.92. The maximum Gasteiger partial charge on any atom is 0.337 e. The van der Waals surface area contributed by atoms with Crippen molar-refractivity contribution in [3.05, 3.63) is 23.8 Å². The molecule has 1 heterocycles. The molecule has 1 saturated heterocycles. The summed E-state index contributed by atoms with van der Waals surface area (Å²) in [7, 11) is 3.70. The van der Waals surface area contributed by atoms with Crippen molar-refractivity contribution in [1.29, 1.82) is 0 Å². The van der Waals surface area contributed by atoms with Crippen molar-refractivity contribution in [2.75, 3.05) is 38.7 Å². The number of hydrogen-bond acceptors (Lipinski definition) is 4. The summed E-state index contributed by atoms with van der Waals surface area (Å²) in [5.74, 6) is -0.206. The number of ether oxygens (including phenoxy) is 1. The minimum atomic E-state index is -0.896. The van der Waals surface area contributed by atoms with Crippen LogP contribution in [0.3, 0.4) is 0 Å². The molecule has 1 aromatic carbocycles. The molecule has 1 aliphatic rings. The molecule has 0 bridgehead atoms. The monoisotopic (exact) mass is 278 g/mol. The van der Waals surface area contributed by atoms with Crippen LogP contribution in [-0.2, 0) is 0 Å². The third kappa shape index (κ3) is 3.04. The van der Waals surface area contributed by atoms with E-state index in [2.05, 4.69) is 23.8 Å². The maximum atomic E-state index is 11.4. The number of rotatable bonds is 3. The molecule has 1 N–H and O–H groups in total. The zero-order valence-corrected chi connectivity index (χ0v) is 12.3. The summed E-state index contributed by atoms with van der Waals surface area (Å²) < 4.78 is 5.24. The first-order valence-corrected chi connectivity index (χ1v) is 6.89. The number of nitrogens with zero attached hydrogens (tertiary/aromatic N) is 2. The highest BCUT2D eigenvalue weighted by Gasteiger charge is 2.24. The summed E-state index contributed by atoms with van der Waals surface area (Å²) in [5, 5.41) is 9.39. The van der Waals surface area contributed by atoms with Gasteiger partial charge in [-0.3, -0.25) is 0 Å². The van der Waals surface area contributed by atoms with Gasteiger partial charge in [-0.25, -0.2) is 4.79 Å². The van der Waals surface area contributed by atoms with Crippen LogP contribution in [0.5, 0.6) is 5.75 Å². The lowest BCUT2D eigenvalue weighted by molar-refractivity contribution is 0.0697. The van der Waals surface area contributed by atoms with Crippen LogP contribution in [0.2, 0.25) is 0 Å². The van der Waals surface area contributed by atoms with Crippen LogP contribution in [0.25, 0.3) is 0 Å². The first kappa shape index (κ1) is 14.7. The van der Waals surface area contributed by atoms with Gasteiger partial charge in [0.15, 0.2) is 0 Å². The standard InChI is InChI=1S/C15H22N2O3/c1-11-10-16(2)7-4-8-17(11)14-9-12(20-3)5-6-13(14)15(18)19/h5-6,9,11H,4,7-8,10H2,1-3H3,(H,18,19). The number of carboxylic acids is 1. The molecule has 0 spiro atoms. The van der Waals surface area contributed by atoms with E-state index in [1.54, 1.807) is 19.2 Å². The third-order valence-corrected chi connectivity index (χ3v) is 3.79. The lowest BCUT2D eigenvalue weighted by Gasteiger charge is -2.31. The molecule has 0 saturated carbocycles. The van der Waals surface area contributed by atoms with Gasteiger partial charge in [-0.05, 0) is 39.1 Å². The van der Waals surface area contributed by atoms with Crippen molar-refractivity contribution >= 4 is 11.7 Å². The zero-order chi connectivity index (χ0) is 14.7. The maximum absolute atomic E-state index is 11.4. The van der Waals surface area contributed by atoms with Crippen LogP contribution in [0.4, 0.5) is 5.69 Å². The largest absolute Gasteiger partial charge is 0.497 e. The average molecular weight is 278 g/mol. The molecular weight excluding hydrogens is 256 g/mol. The minimum absolute atomic E-state index is 0.271. The van der Waals surface area contributed by atoms with Crippen molar-refractivity contribution in [1.82, 2.24) is 4.90 Å². The molecule has 0 aliphatic carbocycles. The number of likely N-dealkylation sites (N-methyl/N-ethyl adjacent to an activating group) is 1. The van der Waals surface area contributed by atoms with Gasteiger partial charge >= 0.3 is 5.97 Å². The van der Waals surface area contributed by atoms with E-state index in [4.69, 9.17) is 4.74 Å². The van der Waals surface area contributed by atoms with Crippen LogP contribution in [0.1, 0.15) is 23.7 Å². The van der Waals surface area contributed by atoms with Gasteiger partial charge in [-0.15, -0.1) is 0 Å². The molecular formula is C15H22N2O3. The summed E-state index contributed by atoms with van der Waals surface area (Å²) >= 11 is 0. The fourth-order valence-corrected chi connectivity index (χ4v) is 2.79. The molecule has 5 heteroatoms. The van der Waals surface area contributed by atoms with Crippen molar-refractivity contribution in [3.8, 4) is 5.75 Å². The van der Waals surface area contributed by atoms with E-state index < -0.39 is 5.97 Å². The minimum Gasteiger partial charge on any atom is -0.497 e. The Morgan fingerprint density at radius 2 is 2.15 bits per heavy atom. The van der Waals surface area contributed by atoms with E-state index >= 15 is 0 Å². The van der Waals surface area contributed by atoms with Crippen molar-refractivity contribution in [2.45, 2.75) is 19.4 Å². The molecule has 1 unspecified atom stereocenters. The molecule has 0 aromatic heterocycles. The molecule has 20 heavy (non-hydrogen) atoms. The number of carboxylic acid groups (broad SMARTS) is 1. The van der Waals surface area contributed by atoms with Crippen LogP contribution < -0.4 is 9.64 Å². The van der Waals surface area contributed by atoms with Crippen LogP contribution in [-0.4, -0.2) is 55.8 Å². The first-order valence-electron chi connectivity index (χ1n) is 6.89. The second-order valence-electron chi connectivity index (χ2n) is 5.35. The molecule has 0 amide bonds. The molecule has 1 fully saturated rings. The summed E-state index contributed by atoms with van der Waals surface area (Å²) in [6, 6.07) is 5.41.